The van der Waals surface area contributed by atoms with E-state index >= 15 is 0 Å². The van der Waals surface area contributed by atoms with Crippen molar-refractivity contribution in [2.24, 2.45) is 5.73 Å². The van der Waals surface area contributed by atoms with Gasteiger partial charge in [0.15, 0.2) is 11.6 Å². The molecular weight excluding hydrogens is 223 g/mol. The van der Waals surface area contributed by atoms with Crippen LogP contribution in [0.1, 0.15) is 12.5 Å². The molecule has 1 aromatic carbocycles. The molecule has 1 rings (SSSR count). The van der Waals surface area contributed by atoms with Gasteiger partial charge in [-0.3, -0.25) is 0 Å². The van der Waals surface area contributed by atoms with Gasteiger partial charge in [0.1, 0.15) is 12.7 Å². The van der Waals surface area contributed by atoms with Crippen molar-refractivity contribution in [1.82, 2.24) is 0 Å². The predicted octanol–water partition coefficient (Wildman–Crippen LogP) is 1.59. The molecule has 4 nitrogen and oxygen atoms in total. The van der Waals surface area contributed by atoms with Crippen LogP contribution in [0, 0.1) is 17.1 Å². The highest BCUT2D eigenvalue weighted by molar-refractivity contribution is 5.34. The molecule has 0 fully saturated rings. The number of nitriles is 1. The molecule has 0 radical (unpaired) electrons. The van der Waals surface area contributed by atoms with Crippen molar-refractivity contribution < 1.29 is 13.9 Å². The van der Waals surface area contributed by atoms with Crippen LogP contribution in [0.3, 0.4) is 0 Å². The molecule has 5 heteroatoms. The van der Waals surface area contributed by atoms with Crippen LogP contribution in [0.4, 0.5) is 4.39 Å². The molecule has 1 aromatic rings. The van der Waals surface area contributed by atoms with E-state index in [1.54, 1.807) is 19.1 Å². The van der Waals surface area contributed by atoms with Crippen molar-refractivity contribution >= 4 is 0 Å². The maximum absolute atomic E-state index is 13.4. The van der Waals surface area contributed by atoms with E-state index in [-0.39, 0.29) is 25.5 Å². The zero-order chi connectivity index (χ0) is 12.7. The third-order valence-electron chi connectivity index (χ3n) is 2.15. The van der Waals surface area contributed by atoms with Gasteiger partial charge in [-0.05, 0) is 13.0 Å². The molecule has 2 N–H and O–H groups in total. The Kier molecular flexibility index (Phi) is 5.40. The predicted molar refractivity (Wildman–Crippen MR) is 60.8 cm³/mol. The maximum atomic E-state index is 13.4. The van der Waals surface area contributed by atoms with E-state index in [1.165, 1.54) is 6.07 Å². The van der Waals surface area contributed by atoms with Gasteiger partial charge in [0, 0.05) is 12.1 Å². The molecular formula is C12H15FN2O2. The molecule has 0 spiro atoms. The Balaban J connectivity index is 2.49. The number of hydrogen-bond acceptors (Lipinski definition) is 4. The second-order valence-electron chi connectivity index (χ2n) is 3.42. The SMILES string of the molecule is CC(C#N)OCCOc1c(F)cccc1CN. The zero-order valence-electron chi connectivity index (χ0n) is 9.65. The van der Waals surface area contributed by atoms with Crippen molar-refractivity contribution in [3.05, 3.63) is 29.6 Å². The Labute approximate surface area is 99.7 Å². The first-order valence-corrected chi connectivity index (χ1v) is 5.30. The molecule has 0 aliphatic rings. The lowest BCUT2D eigenvalue weighted by Gasteiger charge is -2.11. The first-order valence-electron chi connectivity index (χ1n) is 5.30. The van der Waals surface area contributed by atoms with Gasteiger partial charge in [0.05, 0.1) is 12.7 Å². The molecule has 17 heavy (non-hydrogen) atoms. The van der Waals surface area contributed by atoms with Gasteiger partial charge >= 0.3 is 0 Å². The highest BCUT2D eigenvalue weighted by atomic mass is 19.1. The Morgan fingerprint density at radius 1 is 1.47 bits per heavy atom. The Morgan fingerprint density at radius 3 is 2.88 bits per heavy atom. The molecule has 1 atom stereocenters. The minimum Gasteiger partial charge on any atom is -0.488 e. The summed E-state index contributed by atoms with van der Waals surface area (Å²) in [7, 11) is 0. The first kappa shape index (κ1) is 13.4. The summed E-state index contributed by atoms with van der Waals surface area (Å²) in [5.41, 5.74) is 6.08. The number of nitrogens with two attached hydrogens (primary N) is 1. The van der Waals surface area contributed by atoms with Crippen molar-refractivity contribution in [1.29, 1.82) is 5.26 Å². The zero-order valence-corrected chi connectivity index (χ0v) is 9.65. The van der Waals surface area contributed by atoms with E-state index in [0.717, 1.165) is 0 Å². The Hall–Kier alpha value is -1.64. The average molecular weight is 238 g/mol. The second kappa shape index (κ2) is 6.84. The van der Waals surface area contributed by atoms with E-state index in [4.69, 9.17) is 20.5 Å². The summed E-state index contributed by atoms with van der Waals surface area (Å²) < 4.78 is 23.8. The van der Waals surface area contributed by atoms with E-state index in [2.05, 4.69) is 0 Å². The van der Waals surface area contributed by atoms with Crippen molar-refractivity contribution in [2.45, 2.75) is 19.6 Å². The third-order valence-corrected chi connectivity index (χ3v) is 2.15. The van der Waals surface area contributed by atoms with E-state index < -0.39 is 11.9 Å². The fourth-order valence-electron chi connectivity index (χ4n) is 1.28. The van der Waals surface area contributed by atoms with Gasteiger partial charge in [0.25, 0.3) is 0 Å². The summed E-state index contributed by atoms with van der Waals surface area (Å²) in [6.07, 6.45) is -0.492. The normalized spacial score (nSPS) is 11.9. The van der Waals surface area contributed by atoms with Crippen molar-refractivity contribution in [3.63, 3.8) is 0 Å². The summed E-state index contributed by atoms with van der Waals surface area (Å²) in [6.45, 7) is 2.25. The molecule has 0 heterocycles. The number of para-hydroxylation sites is 1. The molecule has 0 aliphatic carbocycles. The minimum atomic E-state index is -0.492. The summed E-state index contributed by atoms with van der Waals surface area (Å²) in [4.78, 5) is 0. The van der Waals surface area contributed by atoms with Crippen LogP contribution in [0.5, 0.6) is 5.75 Å². The molecule has 0 saturated heterocycles. The van der Waals surface area contributed by atoms with Crippen molar-refractivity contribution in [3.8, 4) is 11.8 Å². The number of rotatable bonds is 6. The molecule has 0 amide bonds. The van der Waals surface area contributed by atoms with Crippen LogP contribution in [0.25, 0.3) is 0 Å². The average Bonchev–Trinajstić information content (AvgIpc) is 2.35. The number of halogens is 1. The van der Waals surface area contributed by atoms with Gasteiger partial charge in [-0.25, -0.2) is 4.39 Å². The van der Waals surface area contributed by atoms with E-state index in [0.29, 0.717) is 5.56 Å². The monoisotopic (exact) mass is 238 g/mol. The summed E-state index contributed by atoms with van der Waals surface area (Å²) >= 11 is 0. The summed E-state index contributed by atoms with van der Waals surface area (Å²) in [5.74, 6) is -0.288. The van der Waals surface area contributed by atoms with Crippen molar-refractivity contribution in [2.75, 3.05) is 13.2 Å². The number of ether oxygens (including phenoxy) is 2. The summed E-state index contributed by atoms with van der Waals surface area (Å²) in [5, 5.41) is 8.49. The molecule has 92 valence electrons. The highest BCUT2D eigenvalue weighted by Crippen LogP contribution is 2.21. The topological polar surface area (TPSA) is 68.3 Å². The fraction of sp³-hybridized carbons (Fsp3) is 0.417. The highest BCUT2D eigenvalue weighted by Gasteiger charge is 2.08. The lowest BCUT2D eigenvalue weighted by atomic mass is 10.2. The lowest BCUT2D eigenvalue weighted by Crippen LogP contribution is -2.14. The Morgan fingerprint density at radius 2 is 2.24 bits per heavy atom. The number of benzene rings is 1. The third kappa shape index (κ3) is 4.02. The molecule has 1 unspecified atom stereocenters. The van der Waals surface area contributed by atoms with Crippen LogP contribution < -0.4 is 10.5 Å². The lowest BCUT2D eigenvalue weighted by molar-refractivity contribution is 0.0730. The van der Waals surface area contributed by atoms with Crippen LogP contribution in [0.15, 0.2) is 18.2 Å². The number of nitrogens with zero attached hydrogens (tertiary/aromatic N) is 1. The van der Waals surface area contributed by atoms with Crippen LogP contribution >= 0.6 is 0 Å². The first-order chi connectivity index (χ1) is 8.19. The maximum Gasteiger partial charge on any atom is 0.165 e. The summed E-state index contributed by atoms with van der Waals surface area (Å²) in [6, 6.07) is 6.53. The van der Waals surface area contributed by atoms with Gasteiger partial charge in [0.2, 0.25) is 0 Å². The van der Waals surface area contributed by atoms with E-state index in [1.807, 2.05) is 6.07 Å². The van der Waals surface area contributed by atoms with Crippen LogP contribution in [-0.4, -0.2) is 19.3 Å². The van der Waals surface area contributed by atoms with E-state index in [9.17, 15) is 4.39 Å². The molecule has 0 aromatic heterocycles. The largest absolute Gasteiger partial charge is 0.488 e. The molecule has 0 saturated carbocycles. The molecule has 0 bridgehead atoms. The van der Waals surface area contributed by atoms with Crippen LogP contribution in [-0.2, 0) is 11.3 Å². The molecule has 0 aliphatic heterocycles. The fourth-order valence-corrected chi connectivity index (χ4v) is 1.28. The van der Waals surface area contributed by atoms with Gasteiger partial charge < -0.3 is 15.2 Å². The minimum absolute atomic E-state index is 0.156. The standard InChI is InChI=1S/C12H15FN2O2/c1-9(7-14)16-5-6-17-12-10(8-15)3-2-4-11(12)13/h2-4,9H,5-6,8,15H2,1H3. The van der Waals surface area contributed by atoms with Gasteiger partial charge in [-0.15, -0.1) is 0 Å². The second-order valence-corrected chi connectivity index (χ2v) is 3.42. The quantitative estimate of drug-likeness (QED) is 0.764. The Bertz CT molecular complexity index is 404. The van der Waals surface area contributed by atoms with Gasteiger partial charge in [-0.1, -0.05) is 12.1 Å². The smallest absolute Gasteiger partial charge is 0.165 e. The number of hydrogen-bond donors (Lipinski definition) is 1. The van der Waals surface area contributed by atoms with Crippen LogP contribution in [0.2, 0.25) is 0 Å². The van der Waals surface area contributed by atoms with Gasteiger partial charge in [-0.2, -0.15) is 5.26 Å².